The van der Waals surface area contributed by atoms with Gasteiger partial charge in [-0.2, -0.15) is 0 Å². The highest BCUT2D eigenvalue weighted by Crippen LogP contribution is 2.37. The molecule has 0 spiro atoms. The molecular weight excluding hydrogens is 342 g/mol. The van der Waals surface area contributed by atoms with Crippen molar-refractivity contribution in [1.29, 1.82) is 0 Å². The Bertz CT molecular complexity index is 1090. The fourth-order valence-electron chi connectivity index (χ4n) is 2.99. The van der Waals surface area contributed by atoms with Crippen molar-refractivity contribution in [2.24, 2.45) is 0 Å². The maximum absolute atomic E-state index is 11.8. The second-order valence-electron chi connectivity index (χ2n) is 6.41. The number of nitrogens with zero attached hydrogens (tertiary/aromatic N) is 3. The normalized spacial score (nSPS) is 11.0. The zero-order chi connectivity index (χ0) is 18.3. The van der Waals surface area contributed by atoms with Gasteiger partial charge < -0.3 is 4.90 Å². The monoisotopic (exact) mass is 361 g/mol. The van der Waals surface area contributed by atoms with Gasteiger partial charge in [0.2, 0.25) is 0 Å². The van der Waals surface area contributed by atoms with E-state index < -0.39 is 0 Å². The summed E-state index contributed by atoms with van der Waals surface area (Å²) < 4.78 is 2.12. The van der Waals surface area contributed by atoms with Crippen LogP contribution in [0.2, 0.25) is 0 Å². The first-order chi connectivity index (χ1) is 12.5. The lowest BCUT2D eigenvalue weighted by atomic mass is 10.1. The second kappa shape index (κ2) is 6.42. The van der Waals surface area contributed by atoms with Crippen LogP contribution in [0.25, 0.3) is 27.5 Å². The van der Waals surface area contributed by atoms with Crippen LogP contribution in [-0.4, -0.2) is 29.3 Å². The van der Waals surface area contributed by atoms with E-state index >= 15 is 0 Å². The maximum Gasteiger partial charge on any atom is 0.169 e. The van der Waals surface area contributed by atoms with E-state index in [1.54, 1.807) is 6.92 Å². The number of hydrogen-bond acceptors (Lipinski definition) is 4. The van der Waals surface area contributed by atoms with Gasteiger partial charge in [-0.05, 0) is 31.2 Å². The summed E-state index contributed by atoms with van der Waals surface area (Å²) in [6.45, 7) is 1.60. The summed E-state index contributed by atoms with van der Waals surface area (Å²) in [4.78, 5) is 20.5. The smallest absolute Gasteiger partial charge is 0.169 e. The molecule has 0 saturated heterocycles. The topological polar surface area (TPSA) is 37.6 Å². The van der Waals surface area contributed by atoms with Crippen LogP contribution in [-0.2, 0) is 0 Å². The molecule has 0 saturated carbocycles. The molecule has 0 unspecified atom stereocenters. The number of carbonyl (C=O) groups is 1. The lowest BCUT2D eigenvalue weighted by Gasteiger charge is -2.13. The van der Waals surface area contributed by atoms with Crippen molar-refractivity contribution in [3.05, 3.63) is 65.7 Å². The molecule has 4 rings (SSSR count). The van der Waals surface area contributed by atoms with Crippen LogP contribution >= 0.6 is 11.3 Å². The first-order valence-corrected chi connectivity index (χ1v) is 9.22. The third kappa shape index (κ3) is 2.80. The number of anilines is 1. The van der Waals surface area contributed by atoms with E-state index in [0.717, 1.165) is 38.0 Å². The molecule has 3 heterocycles. The lowest BCUT2D eigenvalue weighted by Crippen LogP contribution is -2.09. The molecule has 0 radical (unpaired) electrons. The molecule has 4 aromatic rings. The summed E-state index contributed by atoms with van der Waals surface area (Å²) in [6.07, 6.45) is 2.09. The molecule has 0 aliphatic carbocycles. The SMILES string of the molecule is CC(=O)c1ccc(-c2c(-c3ccccc3)nc3ccc(N(C)C)cn23)s1. The molecule has 130 valence electrons. The maximum atomic E-state index is 11.8. The quantitative estimate of drug-likeness (QED) is 0.480. The molecule has 0 atom stereocenters. The molecule has 0 aliphatic heterocycles. The van der Waals surface area contributed by atoms with E-state index in [4.69, 9.17) is 4.98 Å². The van der Waals surface area contributed by atoms with Crippen LogP contribution in [0.3, 0.4) is 0 Å². The Labute approximate surface area is 156 Å². The minimum Gasteiger partial charge on any atom is -0.376 e. The average Bonchev–Trinajstić information content (AvgIpc) is 3.26. The number of fused-ring (bicyclic) bond motifs is 1. The van der Waals surface area contributed by atoms with Gasteiger partial charge in [0, 0.05) is 25.9 Å². The standard InChI is InChI=1S/C21H19N3OS/c1-14(25)17-10-11-18(26-17)21-20(15-7-5-4-6-8-15)22-19-12-9-16(23(2)3)13-24(19)21/h4-13H,1-3H3. The number of benzene rings is 1. The van der Waals surface area contributed by atoms with Crippen molar-refractivity contribution in [2.75, 3.05) is 19.0 Å². The highest BCUT2D eigenvalue weighted by Gasteiger charge is 2.18. The summed E-state index contributed by atoms with van der Waals surface area (Å²) >= 11 is 1.51. The summed E-state index contributed by atoms with van der Waals surface area (Å²) in [6, 6.07) is 18.2. The Balaban J connectivity index is 2.02. The van der Waals surface area contributed by atoms with Crippen LogP contribution < -0.4 is 4.90 Å². The van der Waals surface area contributed by atoms with Gasteiger partial charge in [-0.3, -0.25) is 9.20 Å². The largest absolute Gasteiger partial charge is 0.376 e. The number of hydrogen-bond donors (Lipinski definition) is 0. The average molecular weight is 361 g/mol. The van der Waals surface area contributed by atoms with Crippen molar-refractivity contribution in [2.45, 2.75) is 6.92 Å². The molecule has 4 nitrogen and oxygen atoms in total. The lowest BCUT2D eigenvalue weighted by molar-refractivity contribution is 0.102. The Kier molecular flexibility index (Phi) is 4.09. The predicted octanol–water partition coefficient (Wildman–Crippen LogP) is 5.00. The van der Waals surface area contributed by atoms with Crippen LogP contribution in [0, 0.1) is 0 Å². The third-order valence-electron chi connectivity index (χ3n) is 4.35. The van der Waals surface area contributed by atoms with Gasteiger partial charge >= 0.3 is 0 Å². The summed E-state index contributed by atoms with van der Waals surface area (Å²) in [5.74, 6) is 0.0883. The number of rotatable bonds is 4. The zero-order valence-electron chi connectivity index (χ0n) is 14.9. The van der Waals surface area contributed by atoms with Crippen LogP contribution in [0.5, 0.6) is 0 Å². The van der Waals surface area contributed by atoms with E-state index in [1.807, 2.05) is 50.5 Å². The number of imidazole rings is 1. The molecule has 0 fully saturated rings. The molecule has 5 heteroatoms. The summed E-state index contributed by atoms with van der Waals surface area (Å²) in [5.41, 5.74) is 5.00. The van der Waals surface area contributed by atoms with Crippen LogP contribution in [0.1, 0.15) is 16.6 Å². The van der Waals surface area contributed by atoms with Gasteiger partial charge in [0.05, 0.1) is 26.8 Å². The predicted molar refractivity (Wildman–Crippen MR) is 108 cm³/mol. The molecule has 3 aromatic heterocycles. The van der Waals surface area contributed by atoms with Crippen molar-refractivity contribution < 1.29 is 4.79 Å². The number of thiophene rings is 1. The minimum absolute atomic E-state index is 0.0883. The number of Topliss-reactive ketones (excluding diaryl/α,β-unsaturated/α-hetero) is 1. The Morgan fingerprint density at radius 2 is 1.81 bits per heavy atom. The Morgan fingerprint density at radius 1 is 1.04 bits per heavy atom. The highest BCUT2D eigenvalue weighted by molar-refractivity contribution is 7.17. The van der Waals surface area contributed by atoms with Crippen LogP contribution in [0.15, 0.2) is 60.8 Å². The summed E-state index contributed by atoms with van der Waals surface area (Å²) in [5, 5.41) is 0. The third-order valence-corrected chi connectivity index (χ3v) is 5.55. The molecule has 0 bridgehead atoms. The Morgan fingerprint density at radius 3 is 2.46 bits per heavy atom. The number of ketones is 1. The van der Waals surface area contributed by atoms with E-state index in [-0.39, 0.29) is 5.78 Å². The van der Waals surface area contributed by atoms with Gasteiger partial charge in [-0.25, -0.2) is 4.98 Å². The number of pyridine rings is 1. The molecule has 26 heavy (non-hydrogen) atoms. The van der Waals surface area contributed by atoms with E-state index in [9.17, 15) is 4.79 Å². The van der Waals surface area contributed by atoms with Crippen LogP contribution in [0.4, 0.5) is 5.69 Å². The van der Waals surface area contributed by atoms with Crippen molar-refractivity contribution in [3.8, 4) is 21.8 Å². The van der Waals surface area contributed by atoms with Gasteiger partial charge in [0.1, 0.15) is 5.65 Å². The fourth-order valence-corrected chi connectivity index (χ4v) is 3.93. The summed E-state index contributed by atoms with van der Waals surface area (Å²) in [7, 11) is 4.05. The molecule has 0 N–H and O–H groups in total. The van der Waals surface area contributed by atoms with Crippen molar-refractivity contribution >= 4 is 28.5 Å². The van der Waals surface area contributed by atoms with E-state index in [1.165, 1.54) is 11.3 Å². The second-order valence-corrected chi connectivity index (χ2v) is 7.49. The molecule has 1 aromatic carbocycles. The fraction of sp³-hybridized carbons (Fsp3) is 0.143. The number of carbonyl (C=O) groups excluding carboxylic acids is 1. The van der Waals surface area contributed by atoms with Gasteiger partial charge in [-0.15, -0.1) is 11.3 Å². The first kappa shape index (κ1) is 16.5. The van der Waals surface area contributed by atoms with Gasteiger partial charge in [-0.1, -0.05) is 30.3 Å². The minimum atomic E-state index is 0.0883. The Hall–Kier alpha value is -2.92. The van der Waals surface area contributed by atoms with Crippen molar-refractivity contribution in [3.63, 3.8) is 0 Å². The van der Waals surface area contributed by atoms with Crippen molar-refractivity contribution in [1.82, 2.24) is 9.38 Å². The van der Waals surface area contributed by atoms with Gasteiger partial charge in [0.25, 0.3) is 0 Å². The van der Waals surface area contributed by atoms with E-state index in [2.05, 4.69) is 33.7 Å². The van der Waals surface area contributed by atoms with Gasteiger partial charge in [0.15, 0.2) is 5.78 Å². The van der Waals surface area contributed by atoms with E-state index in [0.29, 0.717) is 0 Å². The first-order valence-electron chi connectivity index (χ1n) is 8.40. The zero-order valence-corrected chi connectivity index (χ0v) is 15.7. The molecule has 0 aliphatic rings. The highest BCUT2D eigenvalue weighted by atomic mass is 32.1. The molecule has 0 amide bonds. The number of aromatic nitrogens is 2. The molecular formula is C21H19N3OS.